The number of methoxy groups -OCH3 is 1. The normalized spacial score (nSPS) is 16.9. The Morgan fingerprint density at radius 1 is 1.45 bits per heavy atom. The standard InChI is InChI=1S/C14H18BrNO4/c1-19-11-7-8(12(16)14(17)18)6-10(15)13(11)20-9-4-2-3-5-9/h6-7,9,12H,2-5,16H2,1H3,(H,17,18). The number of carbonyl (C=O) groups is 1. The van der Waals surface area contributed by atoms with Crippen LogP contribution in [0.2, 0.25) is 0 Å². The lowest BCUT2D eigenvalue weighted by molar-refractivity contribution is -0.138. The Labute approximate surface area is 126 Å². The van der Waals surface area contributed by atoms with E-state index in [2.05, 4.69) is 15.9 Å². The minimum Gasteiger partial charge on any atom is -0.493 e. The molecule has 1 atom stereocenters. The average Bonchev–Trinajstić information content (AvgIpc) is 2.92. The first kappa shape index (κ1) is 15.1. The summed E-state index contributed by atoms with van der Waals surface area (Å²) < 4.78 is 11.9. The van der Waals surface area contributed by atoms with Gasteiger partial charge in [0, 0.05) is 0 Å². The van der Waals surface area contributed by atoms with Crippen LogP contribution in [0, 0.1) is 0 Å². The van der Waals surface area contributed by atoms with Crippen molar-refractivity contribution in [3.63, 3.8) is 0 Å². The lowest BCUT2D eigenvalue weighted by Crippen LogP contribution is -2.21. The number of hydrogen-bond donors (Lipinski definition) is 2. The molecule has 1 fully saturated rings. The molecule has 0 bridgehead atoms. The molecule has 6 heteroatoms. The third-order valence-electron chi connectivity index (χ3n) is 3.46. The fraction of sp³-hybridized carbons (Fsp3) is 0.500. The summed E-state index contributed by atoms with van der Waals surface area (Å²) in [6.07, 6.45) is 4.61. The Morgan fingerprint density at radius 2 is 2.10 bits per heavy atom. The van der Waals surface area contributed by atoms with E-state index in [9.17, 15) is 4.79 Å². The van der Waals surface area contributed by atoms with Crippen molar-refractivity contribution >= 4 is 21.9 Å². The summed E-state index contributed by atoms with van der Waals surface area (Å²) in [5, 5.41) is 8.98. The van der Waals surface area contributed by atoms with E-state index in [-0.39, 0.29) is 6.10 Å². The van der Waals surface area contributed by atoms with Crippen LogP contribution >= 0.6 is 15.9 Å². The van der Waals surface area contributed by atoms with Crippen molar-refractivity contribution in [2.24, 2.45) is 5.73 Å². The molecule has 0 radical (unpaired) electrons. The van der Waals surface area contributed by atoms with E-state index in [1.165, 1.54) is 20.0 Å². The number of rotatable bonds is 5. The van der Waals surface area contributed by atoms with Gasteiger partial charge in [-0.3, -0.25) is 4.79 Å². The van der Waals surface area contributed by atoms with Crippen LogP contribution in [0.5, 0.6) is 11.5 Å². The third kappa shape index (κ3) is 3.24. The fourth-order valence-electron chi connectivity index (χ4n) is 2.35. The second-order valence-electron chi connectivity index (χ2n) is 4.87. The zero-order valence-electron chi connectivity index (χ0n) is 11.3. The maximum Gasteiger partial charge on any atom is 0.325 e. The molecule has 2 rings (SSSR count). The first-order chi connectivity index (χ1) is 9.52. The molecule has 0 spiro atoms. The Balaban J connectivity index is 2.30. The monoisotopic (exact) mass is 343 g/mol. The molecule has 0 heterocycles. The minimum atomic E-state index is -1.08. The van der Waals surface area contributed by atoms with Gasteiger partial charge in [-0.15, -0.1) is 0 Å². The third-order valence-corrected chi connectivity index (χ3v) is 4.05. The molecule has 0 amide bonds. The van der Waals surface area contributed by atoms with Crippen LogP contribution in [-0.4, -0.2) is 24.3 Å². The Morgan fingerprint density at radius 3 is 2.65 bits per heavy atom. The molecule has 0 aromatic heterocycles. The highest BCUT2D eigenvalue weighted by Crippen LogP contribution is 2.40. The van der Waals surface area contributed by atoms with Gasteiger partial charge in [-0.1, -0.05) is 0 Å². The highest BCUT2D eigenvalue weighted by Gasteiger charge is 2.23. The molecule has 1 aliphatic carbocycles. The maximum atomic E-state index is 11.0. The van der Waals surface area contributed by atoms with Gasteiger partial charge in [-0.2, -0.15) is 0 Å². The predicted octanol–water partition coefficient (Wildman–Crippen LogP) is 2.86. The van der Waals surface area contributed by atoms with Gasteiger partial charge in [-0.25, -0.2) is 0 Å². The molecule has 1 aliphatic rings. The van der Waals surface area contributed by atoms with Crippen LogP contribution in [-0.2, 0) is 4.79 Å². The van der Waals surface area contributed by atoms with Crippen molar-refractivity contribution in [3.05, 3.63) is 22.2 Å². The summed E-state index contributed by atoms with van der Waals surface area (Å²) in [6.45, 7) is 0. The predicted molar refractivity (Wildman–Crippen MR) is 78.1 cm³/mol. The van der Waals surface area contributed by atoms with Gasteiger partial charge in [0.05, 0.1) is 17.7 Å². The number of aliphatic carboxylic acids is 1. The van der Waals surface area contributed by atoms with Gasteiger partial charge in [0.25, 0.3) is 0 Å². The topological polar surface area (TPSA) is 81.8 Å². The van der Waals surface area contributed by atoms with Crippen molar-refractivity contribution in [1.29, 1.82) is 0 Å². The van der Waals surface area contributed by atoms with Gasteiger partial charge < -0.3 is 20.3 Å². The summed E-state index contributed by atoms with van der Waals surface area (Å²) in [4.78, 5) is 11.0. The quantitative estimate of drug-likeness (QED) is 0.858. The highest BCUT2D eigenvalue weighted by atomic mass is 79.9. The number of nitrogens with two attached hydrogens (primary N) is 1. The van der Waals surface area contributed by atoms with Crippen molar-refractivity contribution in [1.82, 2.24) is 0 Å². The Hall–Kier alpha value is -1.27. The van der Waals surface area contributed by atoms with E-state index in [1.807, 2.05) is 0 Å². The van der Waals surface area contributed by atoms with E-state index < -0.39 is 12.0 Å². The molecule has 3 N–H and O–H groups in total. The number of benzene rings is 1. The van der Waals surface area contributed by atoms with Crippen LogP contribution in [0.1, 0.15) is 37.3 Å². The van der Waals surface area contributed by atoms with Crippen molar-refractivity contribution in [2.75, 3.05) is 7.11 Å². The maximum absolute atomic E-state index is 11.0. The van der Waals surface area contributed by atoms with Gasteiger partial charge in [0.1, 0.15) is 6.04 Å². The first-order valence-electron chi connectivity index (χ1n) is 6.55. The van der Waals surface area contributed by atoms with Crippen molar-refractivity contribution < 1.29 is 19.4 Å². The Bertz CT molecular complexity index is 500. The molecule has 1 saturated carbocycles. The van der Waals surface area contributed by atoms with Crippen molar-refractivity contribution in [2.45, 2.75) is 37.8 Å². The second kappa shape index (κ2) is 6.45. The molecule has 1 unspecified atom stereocenters. The lowest BCUT2D eigenvalue weighted by Gasteiger charge is -2.19. The summed E-state index contributed by atoms with van der Waals surface area (Å²) in [5.74, 6) is 0.0297. The highest BCUT2D eigenvalue weighted by molar-refractivity contribution is 9.10. The first-order valence-corrected chi connectivity index (χ1v) is 7.34. The smallest absolute Gasteiger partial charge is 0.325 e. The number of hydrogen-bond acceptors (Lipinski definition) is 4. The van der Waals surface area contributed by atoms with Gasteiger partial charge in [0.2, 0.25) is 0 Å². The number of ether oxygens (including phenoxy) is 2. The van der Waals surface area contributed by atoms with Crippen LogP contribution in [0.3, 0.4) is 0 Å². The Kier molecular flexibility index (Phi) is 4.88. The SMILES string of the molecule is COc1cc(C(N)C(=O)O)cc(Br)c1OC1CCCC1. The summed E-state index contributed by atoms with van der Waals surface area (Å²) in [7, 11) is 1.53. The van der Waals surface area contributed by atoms with E-state index in [4.69, 9.17) is 20.3 Å². The van der Waals surface area contributed by atoms with E-state index in [0.29, 0.717) is 21.5 Å². The van der Waals surface area contributed by atoms with Gasteiger partial charge in [-0.05, 0) is 59.3 Å². The van der Waals surface area contributed by atoms with Crippen molar-refractivity contribution in [3.8, 4) is 11.5 Å². The zero-order chi connectivity index (χ0) is 14.7. The zero-order valence-corrected chi connectivity index (χ0v) is 12.9. The van der Waals surface area contributed by atoms with Crippen LogP contribution < -0.4 is 15.2 Å². The summed E-state index contributed by atoms with van der Waals surface area (Å²) in [6, 6.07) is 2.21. The minimum absolute atomic E-state index is 0.194. The van der Waals surface area contributed by atoms with Crippen LogP contribution in [0.25, 0.3) is 0 Å². The molecule has 0 saturated heterocycles. The van der Waals surface area contributed by atoms with Crippen LogP contribution in [0.4, 0.5) is 0 Å². The molecule has 0 aliphatic heterocycles. The lowest BCUT2D eigenvalue weighted by atomic mass is 10.1. The van der Waals surface area contributed by atoms with Gasteiger partial charge in [0.15, 0.2) is 11.5 Å². The van der Waals surface area contributed by atoms with E-state index in [1.54, 1.807) is 12.1 Å². The molecular formula is C14H18BrNO4. The molecule has 110 valence electrons. The molecule has 5 nitrogen and oxygen atoms in total. The van der Waals surface area contributed by atoms with E-state index >= 15 is 0 Å². The largest absolute Gasteiger partial charge is 0.493 e. The molecular weight excluding hydrogens is 326 g/mol. The van der Waals surface area contributed by atoms with Crippen LogP contribution in [0.15, 0.2) is 16.6 Å². The average molecular weight is 344 g/mol. The number of carboxylic acid groups (broad SMARTS) is 1. The molecule has 1 aromatic carbocycles. The number of halogens is 1. The number of carboxylic acids is 1. The van der Waals surface area contributed by atoms with E-state index in [0.717, 1.165) is 12.8 Å². The molecule has 20 heavy (non-hydrogen) atoms. The summed E-state index contributed by atoms with van der Waals surface area (Å²) in [5.41, 5.74) is 6.10. The second-order valence-corrected chi connectivity index (χ2v) is 5.73. The summed E-state index contributed by atoms with van der Waals surface area (Å²) >= 11 is 3.41. The fourth-order valence-corrected chi connectivity index (χ4v) is 2.90. The molecule has 1 aromatic rings. The van der Waals surface area contributed by atoms with Gasteiger partial charge >= 0.3 is 5.97 Å².